The van der Waals surface area contributed by atoms with E-state index in [1.54, 1.807) is 0 Å². The summed E-state index contributed by atoms with van der Waals surface area (Å²) in [6.45, 7) is 2.20. The number of halogens is 2. The topological polar surface area (TPSA) is 41.6 Å². The fourth-order valence-corrected chi connectivity index (χ4v) is 2.56. The second kappa shape index (κ2) is 6.17. The number of anilines is 1. The van der Waals surface area contributed by atoms with Crippen LogP contribution in [0.2, 0.25) is 0 Å². The minimum atomic E-state index is -1.15. The number of rotatable bonds is 4. The molecule has 1 heterocycles. The lowest BCUT2D eigenvalue weighted by Crippen LogP contribution is -2.25. The summed E-state index contributed by atoms with van der Waals surface area (Å²) in [6.07, 6.45) is 0.931. The maximum atomic E-state index is 14.1. The second-order valence-corrected chi connectivity index (χ2v) is 4.91. The van der Waals surface area contributed by atoms with Crippen molar-refractivity contribution >= 4 is 11.7 Å². The molecule has 4 nitrogen and oxygen atoms in total. The van der Waals surface area contributed by atoms with Gasteiger partial charge in [0.2, 0.25) is 0 Å². The predicted octanol–water partition coefficient (Wildman–Crippen LogP) is 1.80. The molecule has 1 aliphatic heterocycles. The maximum Gasteiger partial charge on any atom is 0.340 e. The van der Waals surface area contributed by atoms with Crippen molar-refractivity contribution in [1.82, 2.24) is 5.32 Å². The minimum absolute atomic E-state index is 0.203. The van der Waals surface area contributed by atoms with Crippen molar-refractivity contribution in [3.05, 3.63) is 29.3 Å². The molecule has 1 atom stereocenters. The van der Waals surface area contributed by atoms with E-state index in [0.717, 1.165) is 20.1 Å². The van der Waals surface area contributed by atoms with Crippen molar-refractivity contribution in [1.29, 1.82) is 0 Å². The van der Waals surface area contributed by atoms with E-state index >= 15 is 0 Å². The molecule has 1 aromatic rings. The molecule has 1 unspecified atom stereocenters. The second-order valence-electron chi connectivity index (χ2n) is 4.91. The Morgan fingerprint density at radius 2 is 2.20 bits per heavy atom. The van der Waals surface area contributed by atoms with E-state index in [4.69, 9.17) is 0 Å². The van der Waals surface area contributed by atoms with E-state index < -0.39 is 17.6 Å². The van der Waals surface area contributed by atoms with Crippen LogP contribution in [0.25, 0.3) is 0 Å². The third kappa shape index (κ3) is 2.75. The summed E-state index contributed by atoms with van der Waals surface area (Å²) in [5.41, 5.74) is -0.173. The van der Waals surface area contributed by atoms with Gasteiger partial charge in [-0.05, 0) is 38.1 Å². The fourth-order valence-electron chi connectivity index (χ4n) is 2.56. The lowest BCUT2D eigenvalue weighted by Gasteiger charge is -2.20. The van der Waals surface area contributed by atoms with Gasteiger partial charge in [0.05, 0.1) is 18.4 Å². The van der Waals surface area contributed by atoms with Gasteiger partial charge >= 0.3 is 5.97 Å². The summed E-state index contributed by atoms with van der Waals surface area (Å²) in [5, 5.41) is 3.08. The smallest absolute Gasteiger partial charge is 0.340 e. The number of hydrogen-bond acceptors (Lipinski definition) is 4. The highest BCUT2D eigenvalue weighted by Crippen LogP contribution is 2.29. The van der Waals surface area contributed by atoms with Gasteiger partial charge in [-0.2, -0.15) is 0 Å². The van der Waals surface area contributed by atoms with Gasteiger partial charge < -0.3 is 15.0 Å². The van der Waals surface area contributed by atoms with Crippen molar-refractivity contribution in [2.75, 3.05) is 38.7 Å². The lowest BCUT2D eigenvalue weighted by atomic mass is 10.1. The number of nitrogens with zero attached hydrogens (tertiary/aromatic N) is 1. The van der Waals surface area contributed by atoms with Crippen molar-refractivity contribution in [3.63, 3.8) is 0 Å². The van der Waals surface area contributed by atoms with E-state index in [2.05, 4.69) is 10.1 Å². The van der Waals surface area contributed by atoms with Crippen molar-refractivity contribution in [2.24, 2.45) is 5.92 Å². The van der Waals surface area contributed by atoms with Crippen LogP contribution in [-0.4, -0.2) is 39.8 Å². The molecule has 1 fully saturated rings. The van der Waals surface area contributed by atoms with E-state index in [9.17, 15) is 13.6 Å². The average Bonchev–Trinajstić information content (AvgIpc) is 2.90. The quantitative estimate of drug-likeness (QED) is 0.856. The van der Waals surface area contributed by atoms with Gasteiger partial charge in [0, 0.05) is 13.1 Å². The molecule has 0 amide bonds. The zero-order chi connectivity index (χ0) is 14.7. The summed E-state index contributed by atoms with van der Waals surface area (Å²) >= 11 is 0. The zero-order valence-electron chi connectivity index (χ0n) is 11.6. The molecule has 1 aliphatic rings. The summed E-state index contributed by atoms with van der Waals surface area (Å²) in [6, 6.07) is 2.71. The third-order valence-electron chi connectivity index (χ3n) is 3.59. The number of methoxy groups -OCH3 is 1. The standard InChI is InChI=1S/C14H18F2N2O2/c1-17-7-9-5-6-18(8-9)11-4-3-10(14(19)20-2)12(15)13(11)16/h3-4,9,17H,5-8H2,1-2H3. The molecule has 0 bridgehead atoms. The van der Waals surface area contributed by atoms with Crippen LogP contribution in [0.4, 0.5) is 14.5 Å². The number of hydrogen-bond donors (Lipinski definition) is 1. The monoisotopic (exact) mass is 284 g/mol. The van der Waals surface area contributed by atoms with Crippen LogP contribution < -0.4 is 10.2 Å². The molecule has 1 aromatic carbocycles. The van der Waals surface area contributed by atoms with E-state index in [0.29, 0.717) is 19.0 Å². The Morgan fingerprint density at radius 1 is 1.45 bits per heavy atom. The number of benzene rings is 1. The molecular weight excluding hydrogens is 266 g/mol. The SMILES string of the molecule is CNCC1CCN(c2ccc(C(=O)OC)c(F)c2F)C1. The van der Waals surface area contributed by atoms with Gasteiger partial charge in [-0.15, -0.1) is 0 Å². The Bertz CT molecular complexity index is 508. The molecular formula is C14H18F2N2O2. The number of ether oxygens (including phenoxy) is 1. The van der Waals surface area contributed by atoms with E-state index in [1.165, 1.54) is 12.1 Å². The Labute approximate surface area is 116 Å². The first-order valence-corrected chi connectivity index (χ1v) is 6.54. The summed E-state index contributed by atoms with van der Waals surface area (Å²) in [7, 11) is 3.00. The highest BCUT2D eigenvalue weighted by molar-refractivity contribution is 5.90. The van der Waals surface area contributed by atoms with Crippen LogP contribution in [0.5, 0.6) is 0 Å². The molecule has 0 radical (unpaired) electrons. The lowest BCUT2D eigenvalue weighted by molar-refractivity contribution is 0.0594. The third-order valence-corrected chi connectivity index (χ3v) is 3.59. The number of esters is 1. The zero-order valence-corrected chi connectivity index (χ0v) is 11.6. The molecule has 0 aromatic heterocycles. The van der Waals surface area contributed by atoms with E-state index in [1.807, 2.05) is 11.9 Å². The Balaban J connectivity index is 2.22. The average molecular weight is 284 g/mol. The van der Waals surface area contributed by atoms with Crippen molar-refractivity contribution < 1.29 is 18.3 Å². The fraction of sp³-hybridized carbons (Fsp3) is 0.500. The number of carbonyl (C=O) groups is 1. The van der Waals surface area contributed by atoms with Crippen LogP contribution in [0.3, 0.4) is 0 Å². The molecule has 1 N–H and O–H groups in total. The summed E-state index contributed by atoms with van der Waals surface area (Å²) in [5.74, 6) is -2.59. The first kappa shape index (κ1) is 14.7. The van der Waals surface area contributed by atoms with Gasteiger partial charge in [-0.3, -0.25) is 0 Å². The van der Waals surface area contributed by atoms with Crippen LogP contribution >= 0.6 is 0 Å². The Kier molecular flexibility index (Phi) is 4.54. The first-order chi connectivity index (χ1) is 9.58. The van der Waals surface area contributed by atoms with Crippen LogP contribution in [0, 0.1) is 17.6 Å². The Hall–Kier alpha value is -1.69. The molecule has 20 heavy (non-hydrogen) atoms. The first-order valence-electron chi connectivity index (χ1n) is 6.54. The van der Waals surface area contributed by atoms with Gasteiger partial charge in [-0.1, -0.05) is 0 Å². The highest BCUT2D eigenvalue weighted by Gasteiger charge is 2.27. The van der Waals surface area contributed by atoms with Gasteiger partial charge in [0.15, 0.2) is 11.6 Å². The molecule has 6 heteroatoms. The van der Waals surface area contributed by atoms with E-state index in [-0.39, 0.29) is 11.3 Å². The highest BCUT2D eigenvalue weighted by atomic mass is 19.2. The summed E-state index contributed by atoms with van der Waals surface area (Å²) < 4.78 is 32.4. The van der Waals surface area contributed by atoms with Crippen LogP contribution in [-0.2, 0) is 4.74 Å². The van der Waals surface area contributed by atoms with Crippen LogP contribution in [0.15, 0.2) is 12.1 Å². The molecule has 0 aliphatic carbocycles. The van der Waals surface area contributed by atoms with Crippen molar-refractivity contribution in [3.8, 4) is 0 Å². The molecule has 1 saturated heterocycles. The van der Waals surface area contributed by atoms with Crippen molar-refractivity contribution in [2.45, 2.75) is 6.42 Å². The molecule has 110 valence electrons. The predicted molar refractivity (Wildman–Crippen MR) is 71.9 cm³/mol. The van der Waals surface area contributed by atoms with Crippen LogP contribution in [0.1, 0.15) is 16.8 Å². The maximum absolute atomic E-state index is 14.1. The van der Waals surface area contributed by atoms with Gasteiger partial charge in [-0.25, -0.2) is 13.6 Å². The number of nitrogens with one attached hydrogen (secondary N) is 1. The minimum Gasteiger partial charge on any atom is -0.465 e. The van der Waals surface area contributed by atoms with Gasteiger partial charge in [0.1, 0.15) is 0 Å². The molecule has 0 spiro atoms. The largest absolute Gasteiger partial charge is 0.465 e. The molecule has 2 rings (SSSR count). The Morgan fingerprint density at radius 3 is 2.85 bits per heavy atom. The normalized spacial score (nSPS) is 18.4. The molecule has 0 saturated carbocycles. The number of carbonyl (C=O) groups excluding carboxylic acids is 1. The van der Waals surface area contributed by atoms with Gasteiger partial charge in [0.25, 0.3) is 0 Å². The summed E-state index contributed by atoms with van der Waals surface area (Å²) in [4.78, 5) is 13.1.